The number of aliphatic hydroxyl groups is 1. The molecule has 192 valence electrons. The number of amides is 2. The number of carbonyl (C=O) groups is 1. The molecule has 3 rings (SSSR count). The second kappa shape index (κ2) is 11.2. The van der Waals surface area contributed by atoms with E-state index in [4.69, 9.17) is 4.74 Å². The van der Waals surface area contributed by atoms with Gasteiger partial charge in [0.25, 0.3) is 0 Å². The van der Waals surface area contributed by atoms with E-state index < -0.39 is 23.4 Å². The van der Waals surface area contributed by atoms with Crippen LogP contribution in [0, 0.1) is 17.8 Å². The molecule has 0 spiro atoms. The van der Waals surface area contributed by atoms with Crippen molar-refractivity contribution in [2.24, 2.45) is 17.8 Å². The summed E-state index contributed by atoms with van der Waals surface area (Å²) in [5.74, 6) is 1.75. The fraction of sp³-hybridized carbons (Fsp3) is 0.500. The lowest BCUT2D eigenvalue weighted by Gasteiger charge is -2.39. The molecule has 1 saturated carbocycles. The van der Waals surface area contributed by atoms with Crippen LogP contribution in [-0.4, -0.2) is 23.3 Å². The number of alkyl halides is 3. The fourth-order valence-electron chi connectivity index (χ4n) is 4.50. The number of carbonyl (C=O) groups excluding carboxylic acids is 1. The standard InChI is InChI=1S/C26H32BrF3N2O3/c1-16(2)17-4-6-18(7-5-17)25(3,34)15-31-24(33)32-22-14-19(26(28,29)30)8-13-23(22)35-21-11-9-20(27)10-12-21/h8-14,16-18,34H,4-7,15H2,1-3H3,(H2,31,32,33). The van der Waals surface area contributed by atoms with E-state index in [0.717, 1.165) is 42.3 Å². The fourth-order valence-corrected chi connectivity index (χ4v) is 4.76. The Labute approximate surface area is 212 Å². The van der Waals surface area contributed by atoms with Crippen LogP contribution in [0.25, 0.3) is 0 Å². The average Bonchev–Trinajstić information content (AvgIpc) is 2.80. The third kappa shape index (κ3) is 7.61. The van der Waals surface area contributed by atoms with Crippen molar-refractivity contribution in [2.75, 3.05) is 11.9 Å². The van der Waals surface area contributed by atoms with E-state index in [1.165, 1.54) is 6.07 Å². The Morgan fingerprint density at radius 2 is 1.74 bits per heavy atom. The van der Waals surface area contributed by atoms with Crippen LogP contribution in [0.2, 0.25) is 0 Å². The van der Waals surface area contributed by atoms with Crippen molar-refractivity contribution in [1.29, 1.82) is 0 Å². The molecule has 0 aliphatic heterocycles. The van der Waals surface area contributed by atoms with E-state index in [-0.39, 0.29) is 23.9 Å². The van der Waals surface area contributed by atoms with Gasteiger partial charge in [0.05, 0.1) is 16.9 Å². The Kier molecular flexibility index (Phi) is 8.75. The first-order chi connectivity index (χ1) is 16.3. The number of rotatable bonds is 7. The Morgan fingerprint density at radius 3 is 2.31 bits per heavy atom. The molecule has 1 unspecified atom stereocenters. The summed E-state index contributed by atoms with van der Waals surface area (Å²) in [6, 6.07) is 8.94. The molecule has 2 aromatic rings. The van der Waals surface area contributed by atoms with Gasteiger partial charge in [-0.3, -0.25) is 0 Å². The van der Waals surface area contributed by atoms with Gasteiger partial charge in [0.1, 0.15) is 5.75 Å². The summed E-state index contributed by atoms with van der Waals surface area (Å²) >= 11 is 3.31. The zero-order valence-electron chi connectivity index (χ0n) is 20.1. The summed E-state index contributed by atoms with van der Waals surface area (Å²) in [6.45, 7) is 6.09. The molecular weight excluding hydrogens is 525 g/mol. The smallest absolute Gasteiger partial charge is 0.416 e. The summed E-state index contributed by atoms with van der Waals surface area (Å²) < 4.78 is 46.4. The van der Waals surface area contributed by atoms with Crippen molar-refractivity contribution in [3.63, 3.8) is 0 Å². The van der Waals surface area contributed by atoms with E-state index in [0.29, 0.717) is 17.6 Å². The Balaban J connectivity index is 1.68. The van der Waals surface area contributed by atoms with Gasteiger partial charge in [-0.2, -0.15) is 13.2 Å². The van der Waals surface area contributed by atoms with Crippen LogP contribution in [-0.2, 0) is 6.18 Å². The SMILES string of the molecule is CC(C)C1CCC(C(C)(O)CNC(=O)Nc2cc(C(F)(F)F)ccc2Oc2ccc(Br)cc2)CC1. The normalized spacial score (nSPS) is 20.3. The lowest BCUT2D eigenvalue weighted by atomic mass is 9.71. The summed E-state index contributed by atoms with van der Waals surface area (Å²) in [4.78, 5) is 12.6. The van der Waals surface area contributed by atoms with Crippen LogP contribution in [0.15, 0.2) is 46.9 Å². The number of benzene rings is 2. The molecule has 0 aromatic heterocycles. The zero-order chi connectivity index (χ0) is 25.8. The first-order valence-electron chi connectivity index (χ1n) is 11.8. The third-order valence-corrected chi connectivity index (χ3v) is 7.33. The number of halogens is 4. The van der Waals surface area contributed by atoms with E-state index in [2.05, 4.69) is 40.4 Å². The van der Waals surface area contributed by atoms with Gasteiger partial charge in [-0.15, -0.1) is 0 Å². The van der Waals surface area contributed by atoms with Crippen LogP contribution < -0.4 is 15.4 Å². The lowest BCUT2D eigenvalue weighted by molar-refractivity contribution is -0.137. The van der Waals surface area contributed by atoms with Gasteiger partial charge >= 0.3 is 12.2 Å². The molecule has 0 bridgehead atoms. The highest BCUT2D eigenvalue weighted by Crippen LogP contribution is 2.39. The van der Waals surface area contributed by atoms with Crippen LogP contribution in [0.4, 0.5) is 23.7 Å². The maximum Gasteiger partial charge on any atom is 0.416 e. The predicted molar refractivity (Wildman–Crippen MR) is 134 cm³/mol. The second-order valence-electron chi connectivity index (χ2n) is 9.79. The second-order valence-corrected chi connectivity index (χ2v) is 10.7. The average molecular weight is 557 g/mol. The molecule has 0 heterocycles. The van der Waals surface area contributed by atoms with Crippen molar-refractivity contribution in [2.45, 2.75) is 58.2 Å². The molecule has 1 aliphatic rings. The molecule has 2 amide bonds. The Bertz CT molecular complexity index is 1000. The summed E-state index contributed by atoms with van der Waals surface area (Å²) in [5, 5.41) is 16.1. The maximum atomic E-state index is 13.3. The van der Waals surface area contributed by atoms with Gasteiger partial charge in [0.15, 0.2) is 5.75 Å². The molecule has 35 heavy (non-hydrogen) atoms. The number of anilines is 1. The monoisotopic (exact) mass is 556 g/mol. The van der Waals surface area contributed by atoms with Gasteiger partial charge in [0, 0.05) is 11.0 Å². The number of hydrogen-bond donors (Lipinski definition) is 3. The number of ether oxygens (including phenoxy) is 1. The van der Waals surface area contributed by atoms with E-state index >= 15 is 0 Å². The Hall–Kier alpha value is -2.26. The van der Waals surface area contributed by atoms with Crippen LogP contribution in [0.5, 0.6) is 11.5 Å². The maximum absolute atomic E-state index is 13.3. The molecule has 9 heteroatoms. The number of urea groups is 1. The summed E-state index contributed by atoms with van der Waals surface area (Å²) in [5.41, 5.74) is -2.16. The van der Waals surface area contributed by atoms with Gasteiger partial charge in [-0.1, -0.05) is 29.8 Å². The van der Waals surface area contributed by atoms with E-state index in [1.54, 1.807) is 31.2 Å². The zero-order valence-corrected chi connectivity index (χ0v) is 21.7. The summed E-state index contributed by atoms with van der Waals surface area (Å²) in [7, 11) is 0. The third-order valence-electron chi connectivity index (χ3n) is 6.80. The quantitative estimate of drug-likeness (QED) is 0.329. The molecule has 3 N–H and O–H groups in total. The molecule has 2 aromatic carbocycles. The van der Waals surface area contributed by atoms with Gasteiger partial charge in [-0.25, -0.2) is 4.79 Å². The van der Waals surface area contributed by atoms with Gasteiger partial charge in [0.2, 0.25) is 0 Å². The highest BCUT2D eigenvalue weighted by molar-refractivity contribution is 9.10. The van der Waals surface area contributed by atoms with Crippen LogP contribution in [0.3, 0.4) is 0 Å². The van der Waals surface area contributed by atoms with Crippen LogP contribution >= 0.6 is 15.9 Å². The molecule has 0 radical (unpaired) electrons. The minimum atomic E-state index is -4.58. The lowest BCUT2D eigenvalue weighted by Crippen LogP contribution is -2.48. The largest absolute Gasteiger partial charge is 0.455 e. The van der Waals surface area contributed by atoms with E-state index in [1.807, 2.05) is 0 Å². The van der Waals surface area contributed by atoms with Crippen LogP contribution in [0.1, 0.15) is 52.0 Å². The van der Waals surface area contributed by atoms with Gasteiger partial charge < -0.3 is 20.5 Å². The predicted octanol–water partition coefficient (Wildman–Crippen LogP) is 7.60. The summed E-state index contributed by atoms with van der Waals surface area (Å²) in [6.07, 6.45) is -0.769. The minimum Gasteiger partial charge on any atom is -0.455 e. The number of nitrogens with one attached hydrogen (secondary N) is 2. The van der Waals surface area contributed by atoms with Crippen molar-refractivity contribution >= 4 is 27.6 Å². The molecule has 5 nitrogen and oxygen atoms in total. The van der Waals surface area contributed by atoms with Gasteiger partial charge in [-0.05, 0) is 92.8 Å². The molecule has 0 saturated heterocycles. The molecule has 1 fully saturated rings. The highest BCUT2D eigenvalue weighted by atomic mass is 79.9. The van der Waals surface area contributed by atoms with Crippen molar-refractivity contribution in [3.8, 4) is 11.5 Å². The van der Waals surface area contributed by atoms with Crippen molar-refractivity contribution < 1.29 is 27.8 Å². The first kappa shape index (κ1) is 27.3. The minimum absolute atomic E-state index is 0.0162. The van der Waals surface area contributed by atoms with Crippen molar-refractivity contribution in [1.82, 2.24) is 5.32 Å². The Morgan fingerprint density at radius 1 is 1.11 bits per heavy atom. The highest BCUT2D eigenvalue weighted by Gasteiger charge is 2.36. The molecule has 1 aliphatic carbocycles. The molecular formula is C26H32BrF3N2O3. The van der Waals surface area contributed by atoms with E-state index in [9.17, 15) is 23.1 Å². The topological polar surface area (TPSA) is 70.6 Å². The number of hydrogen-bond acceptors (Lipinski definition) is 3. The first-order valence-corrected chi connectivity index (χ1v) is 12.6. The van der Waals surface area contributed by atoms with Crippen molar-refractivity contribution in [3.05, 3.63) is 52.5 Å². The molecule has 1 atom stereocenters.